The van der Waals surface area contributed by atoms with Crippen LogP contribution in [0.3, 0.4) is 0 Å². The van der Waals surface area contributed by atoms with Gasteiger partial charge in [0.1, 0.15) is 5.01 Å². The maximum absolute atomic E-state index is 13.7. The Hall–Kier alpha value is -1.46. The van der Waals surface area contributed by atoms with Gasteiger partial charge < -0.3 is 9.47 Å². The van der Waals surface area contributed by atoms with Gasteiger partial charge in [0.2, 0.25) is 0 Å². The lowest BCUT2D eigenvalue weighted by Gasteiger charge is -2.05. The van der Waals surface area contributed by atoms with E-state index in [1.807, 2.05) is 12.3 Å². The Labute approximate surface area is 109 Å². The molecule has 0 unspecified atom stereocenters. The topological polar surface area (TPSA) is 31.4 Å². The zero-order chi connectivity index (χ0) is 13.0. The minimum atomic E-state index is -0.365. The van der Waals surface area contributed by atoms with Gasteiger partial charge in [-0.2, -0.15) is 0 Å². The molecule has 2 rings (SSSR count). The van der Waals surface area contributed by atoms with Crippen molar-refractivity contribution >= 4 is 11.3 Å². The molecule has 0 spiro atoms. The van der Waals surface area contributed by atoms with Crippen LogP contribution in [0.4, 0.5) is 4.39 Å². The number of methoxy groups -OCH3 is 1. The van der Waals surface area contributed by atoms with Gasteiger partial charge in [-0.25, -0.2) is 9.37 Å². The predicted octanol–water partition coefficient (Wildman–Crippen LogP) is 3.49. The van der Waals surface area contributed by atoms with E-state index in [0.29, 0.717) is 13.2 Å². The Balaban J connectivity index is 2.24. The van der Waals surface area contributed by atoms with Crippen LogP contribution in [0.5, 0.6) is 5.75 Å². The van der Waals surface area contributed by atoms with E-state index in [1.54, 1.807) is 19.2 Å². The molecule has 5 heteroatoms. The fourth-order valence-electron chi connectivity index (χ4n) is 1.57. The van der Waals surface area contributed by atoms with Crippen LogP contribution in [0.15, 0.2) is 23.6 Å². The molecule has 0 N–H and O–H groups in total. The highest BCUT2D eigenvalue weighted by Gasteiger charge is 2.08. The first-order valence-electron chi connectivity index (χ1n) is 5.60. The Bertz CT molecular complexity index is 527. The van der Waals surface area contributed by atoms with Crippen LogP contribution in [0.1, 0.15) is 11.9 Å². The second-order valence-corrected chi connectivity index (χ2v) is 4.58. The van der Waals surface area contributed by atoms with E-state index in [0.717, 1.165) is 16.3 Å². The SMILES string of the molecule is CCOc1ccc(-c2csc(COC)n2)cc1F. The fraction of sp³-hybridized carbons (Fsp3) is 0.308. The van der Waals surface area contributed by atoms with Crippen molar-refractivity contribution in [1.82, 2.24) is 4.98 Å². The quantitative estimate of drug-likeness (QED) is 0.831. The number of hydrogen-bond acceptors (Lipinski definition) is 4. The normalized spacial score (nSPS) is 10.6. The number of halogens is 1. The zero-order valence-electron chi connectivity index (χ0n) is 10.3. The smallest absolute Gasteiger partial charge is 0.165 e. The number of benzene rings is 1. The minimum Gasteiger partial charge on any atom is -0.491 e. The third kappa shape index (κ3) is 2.86. The average Bonchev–Trinajstić information content (AvgIpc) is 2.81. The number of nitrogens with zero attached hydrogens (tertiary/aromatic N) is 1. The predicted molar refractivity (Wildman–Crippen MR) is 69.4 cm³/mol. The van der Waals surface area contributed by atoms with Crippen LogP contribution in [-0.2, 0) is 11.3 Å². The summed E-state index contributed by atoms with van der Waals surface area (Å²) in [5.74, 6) is -0.0933. The van der Waals surface area contributed by atoms with Crippen molar-refractivity contribution in [2.75, 3.05) is 13.7 Å². The molecule has 2 aromatic rings. The van der Waals surface area contributed by atoms with Crippen LogP contribution in [0.2, 0.25) is 0 Å². The molecule has 0 fully saturated rings. The Morgan fingerprint density at radius 3 is 2.89 bits per heavy atom. The Kier molecular flexibility index (Phi) is 4.28. The monoisotopic (exact) mass is 267 g/mol. The molecule has 0 saturated heterocycles. The van der Waals surface area contributed by atoms with Gasteiger partial charge in [-0.15, -0.1) is 11.3 Å². The van der Waals surface area contributed by atoms with Gasteiger partial charge in [0.05, 0.1) is 18.9 Å². The maximum Gasteiger partial charge on any atom is 0.165 e. The molecule has 0 saturated carbocycles. The molecule has 18 heavy (non-hydrogen) atoms. The second kappa shape index (κ2) is 5.93. The Morgan fingerprint density at radius 2 is 2.22 bits per heavy atom. The number of thiazole rings is 1. The minimum absolute atomic E-state index is 0.272. The molecule has 0 amide bonds. The number of ether oxygens (including phenoxy) is 2. The molecule has 0 atom stereocenters. The van der Waals surface area contributed by atoms with Gasteiger partial charge in [-0.3, -0.25) is 0 Å². The third-order valence-electron chi connectivity index (χ3n) is 2.35. The summed E-state index contributed by atoms with van der Waals surface area (Å²) in [6, 6.07) is 4.87. The largest absolute Gasteiger partial charge is 0.491 e. The summed E-state index contributed by atoms with van der Waals surface area (Å²) in [5.41, 5.74) is 1.50. The summed E-state index contributed by atoms with van der Waals surface area (Å²) in [6.07, 6.45) is 0. The molecule has 0 bridgehead atoms. The molecule has 0 aliphatic heterocycles. The lowest BCUT2D eigenvalue weighted by atomic mass is 10.1. The summed E-state index contributed by atoms with van der Waals surface area (Å²) < 4.78 is 23.9. The molecule has 1 aromatic carbocycles. The number of hydrogen-bond donors (Lipinski definition) is 0. The van der Waals surface area contributed by atoms with Gasteiger partial charge in [0.25, 0.3) is 0 Å². The van der Waals surface area contributed by atoms with Crippen LogP contribution >= 0.6 is 11.3 Å². The molecule has 0 aliphatic rings. The molecule has 3 nitrogen and oxygen atoms in total. The number of rotatable bonds is 5. The van der Waals surface area contributed by atoms with Crippen molar-refractivity contribution in [1.29, 1.82) is 0 Å². The molecule has 96 valence electrons. The van der Waals surface area contributed by atoms with E-state index in [-0.39, 0.29) is 11.6 Å². The lowest BCUT2D eigenvalue weighted by Crippen LogP contribution is -1.94. The third-order valence-corrected chi connectivity index (χ3v) is 3.17. The summed E-state index contributed by atoms with van der Waals surface area (Å²) in [4.78, 5) is 4.37. The Morgan fingerprint density at radius 1 is 1.39 bits per heavy atom. The highest BCUT2D eigenvalue weighted by molar-refractivity contribution is 7.09. The van der Waals surface area contributed by atoms with E-state index >= 15 is 0 Å². The summed E-state index contributed by atoms with van der Waals surface area (Å²) in [6.45, 7) is 2.75. The molecule has 1 aromatic heterocycles. The first-order chi connectivity index (χ1) is 8.74. The second-order valence-electron chi connectivity index (χ2n) is 3.64. The molecule has 1 heterocycles. The average molecular weight is 267 g/mol. The first kappa shape index (κ1) is 13.0. The van der Waals surface area contributed by atoms with Gasteiger partial charge in [-0.1, -0.05) is 0 Å². The van der Waals surface area contributed by atoms with Crippen LogP contribution in [-0.4, -0.2) is 18.7 Å². The van der Waals surface area contributed by atoms with Crippen molar-refractivity contribution in [2.24, 2.45) is 0 Å². The highest BCUT2D eigenvalue weighted by atomic mass is 32.1. The van der Waals surface area contributed by atoms with Crippen molar-refractivity contribution in [3.8, 4) is 17.0 Å². The first-order valence-corrected chi connectivity index (χ1v) is 6.48. The van der Waals surface area contributed by atoms with Gasteiger partial charge >= 0.3 is 0 Å². The maximum atomic E-state index is 13.7. The van der Waals surface area contributed by atoms with Gasteiger partial charge in [-0.05, 0) is 25.1 Å². The van der Waals surface area contributed by atoms with E-state index < -0.39 is 0 Å². The van der Waals surface area contributed by atoms with Crippen LogP contribution in [0, 0.1) is 5.82 Å². The van der Waals surface area contributed by atoms with E-state index in [9.17, 15) is 4.39 Å². The van der Waals surface area contributed by atoms with Crippen LogP contribution < -0.4 is 4.74 Å². The molecule has 0 radical (unpaired) electrons. The molecule has 0 aliphatic carbocycles. The lowest BCUT2D eigenvalue weighted by molar-refractivity contribution is 0.184. The van der Waals surface area contributed by atoms with Crippen molar-refractivity contribution in [3.05, 3.63) is 34.4 Å². The van der Waals surface area contributed by atoms with Gasteiger partial charge in [0, 0.05) is 18.1 Å². The van der Waals surface area contributed by atoms with Crippen molar-refractivity contribution in [2.45, 2.75) is 13.5 Å². The fourth-order valence-corrected chi connectivity index (χ4v) is 2.34. The highest BCUT2D eigenvalue weighted by Crippen LogP contribution is 2.27. The summed E-state index contributed by atoms with van der Waals surface area (Å²) >= 11 is 1.50. The van der Waals surface area contributed by atoms with E-state index in [2.05, 4.69) is 4.98 Å². The molecular formula is C13H14FNO2S. The standard InChI is InChI=1S/C13H14FNO2S/c1-3-17-12-5-4-9(6-10(12)14)11-8-18-13(15-11)7-16-2/h4-6,8H,3,7H2,1-2H3. The van der Waals surface area contributed by atoms with Crippen molar-refractivity contribution < 1.29 is 13.9 Å². The molecular weight excluding hydrogens is 253 g/mol. The summed E-state index contributed by atoms with van der Waals surface area (Å²) in [5, 5.41) is 2.77. The van der Waals surface area contributed by atoms with Crippen LogP contribution in [0.25, 0.3) is 11.3 Å². The van der Waals surface area contributed by atoms with Gasteiger partial charge in [0.15, 0.2) is 11.6 Å². The number of aromatic nitrogens is 1. The summed E-state index contributed by atoms with van der Waals surface area (Å²) in [7, 11) is 1.62. The zero-order valence-corrected chi connectivity index (χ0v) is 11.1. The van der Waals surface area contributed by atoms with E-state index in [1.165, 1.54) is 17.4 Å². The van der Waals surface area contributed by atoms with Crippen molar-refractivity contribution in [3.63, 3.8) is 0 Å². The van der Waals surface area contributed by atoms with E-state index in [4.69, 9.17) is 9.47 Å².